The number of hydrogen-bond acceptors (Lipinski definition) is 4. The Morgan fingerprint density at radius 3 is 2.69 bits per heavy atom. The van der Waals surface area contributed by atoms with Crippen molar-refractivity contribution in [1.82, 2.24) is 20.9 Å². The predicted molar refractivity (Wildman–Crippen MR) is 145 cm³/mol. The number of benzene rings is 1. The van der Waals surface area contributed by atoms with Gasteiger partial charge in [0.05, 0.1) is 4.88 Å². The first-order valence-corrected chi connectivity index (χ1v) is 12.2. The fourth-order valence-corrected chi connectivity index (χ4v) is 4.52. The predicted octanol–water partition coefficient (Wildman–Crippen LogP) is 4.09. The summed E-state index contributed by atoms with van der Waals surface area (Å²) in [5, 5.41) is 11.9. The number of halogens is 1. The average Bonchev–Trinajstić information content (AvgIpc) is 3.31. The number of thiophene rings is 1. The molecule has 0 saturated carbocycles. The van der Waals surface area contributed by atoms with Crippen LogP contribution >= 0.6 is 35.3 Å². The summed E-state index contributed by atoms with van der Waals surface area (Å²) in [6.45, 7) is 8.66. The molecule has 2 unspecified atom stereocenters. The van der Waals surface area contributed by atoms with Crippen molar-refractivity contribution >= 4 is 47.2 Å². The largest absolute Gasteiger partial charge is 0.357 e. The minimum Gasteiger partial charge on any atom is -0.357 e. The summed E-state index contributed by atoms with van der Waals surface area (Å²) in [6.07, 6.45) is 3.03. The zero-order chi connectivity index (χ0) is 21.9. The summed E-state index contributed by atoms with van der Waals surface area (Å²) in [4.78, 5) is 20.0. The lowest BCUT2D eigenvalue weighted by molar-refractivity contribution is 0.0957. The van der Waals surface area contributed by atoms with Gasteiger partial charge >= 0.3 is 0 Å². The van der Waals surface area contributed by atoms with E-state index >= 15 is 0 Å². The summed E-state index contributed by atoms with van der Waals surface area (Å²) < 4.78 is 0. The standard InChI is InChI=1S/C24H35N5OS.HI/c1-3-25-24(27-14-8-13-26-23(30)22-11-7-16-31-22)28-21-12-15-29(19(2)17-21)18-20-9-5-4-6-10-20;/h4-7,9-11,16,19,21H,3,8,12-15,17-18H2,1-2H3,(H,26,30)(H2,25,27,28);1H. The van der Waals surface area contributed by atoms with Crippen molar-refractivity contribution in [2.75, 3.05) is 26.2 Å². The zero-order valence-electron chi connectivity index (χ0n) is 19.0. The quantitative estimate of drug-likeness (QED) is 0.184. The van der Waals surface area contributed by atoms with Gasteiger partial charge in [-0.3, -0.25) is 14.7 Å². The number of nitrogens with zero attached hydrogens (tertiary/aromatic N) is 2. The third kappa shape index (κ3) is 8.71. The van der Waals surface area contributed by atoms with Gasteiger partial charge in [0.2, 0.25) is 0 Å². The van der Waals surface area contributed by atoms with Gasteiger partial charge < -0.3 is 16.0 Å². The van der Waals surface area contributed by atoms with Crippen molar-refractivity contribution in [1.29, 1.82) is 0 Å². The van der Waals surface area contributed by atoms with E-state index in [1.54, 1.807) is 0 Å². The van der Waals surface area contributed by atoms with E-state index in [0.717, 1.165) is 49.7 Å². The van der Waals surface area contributed by atoms with Crippen molar-refractivity contribution in [3.63, 3.8) is 0 Å². The number of carbonyl (C=O) groups excluding carboxylic acids is 1. The molecule has 2 heterocycles. The van der Waals surface area contributed by atoms with Crippen LogP contribution in [0, 0.1) is 0 Å². The average molecular weight is 570 g/mol. The van der Waals surface area contributed by atoms with Gasteiger partial charge in [-0.2, -0.15) is 0 Å². The molecular weight excluding hydrogens is 533 g/mol. The highest BCUT2D eigenvalue weighted by Gasteiger charge is 2.25. The fourth-order valence-electron chi connectivity index (χ4n) is 3.88. The summed E-state index contributed by atoms with van der Waals surface area (Å²) >= 11 is 1.46. The van der Waals surface area contributed by atoms with Crippen LogP contribution in [-0.2, 0) is 6.54 Å². The Labute approximate surface area is 213 Å². The van der Waals surface area contributed by atoms with E-state index < -0.39 is 0 Å². The number of carbonyl (C=O) groups is 1. The molecule has 0 bridgehead atoms. The Balaban J connectivity index is 0.00000363. The smallest absolute Gasteiger partial charge is 0.261 e. The van der Waals surface area contributed by atoms with Gasteiger partial charge in [0.1, 0.15) is 0 Å². The lowest BCUT2D eigenvalue weighted by Crippen LogP contribution is -2.51. The van der Waals surface area contributed by atoms with Crippen molar-refractivity contribution in [3.05, 3.63) is 58.3 Å². The highest BCUT2D eigenvalue weighted by molar-refractivity contribution is 14.0. The SMILES string of the molecule is CCNC(=NCCCNC(=O)c1cccs1)NC1CCN(Cc2ccccc2)C(C)C1.I. The molecule has 176 valence electrons. The molecule has 3 rings (SSSR count). The number of piperidine rings is 1. The number of likely N-dealkylation sites (tertiary alicyclic amines) is 1. The van der Waals surface area contributed by atoms with Crippen LogP contribution in [0.5, 0.6) is 0 Å². The van der Waals surface area contributed by atoms with Crippen LogP contribution in [0.1, 0.15) is 48.3 Å². The summed E-state index contributed by atoms with van der Waals surface area (Å²) in [5.41, 5.74) is 1.38. The first-order valence-electron chi connectivity index (χ1n) is 11.3. The molecule has 32 heavy (non-hydrogen) atoms. The molecule has 6 nitrogen and oxygen atoms in total. The minimum atomic E-state index is 0. The number of rotatable bonds is 9. The maximum absolute atomic E-state index is 12.0. The van der Waals surface area contributed by atoms with Crippen LogP contribution in [0.25, 0.3) is 0 Å². The second-order valence-electron chi connectivity index (χ2n) is 8.02. The van der Waals surface area contributed by atoms with Crippen molar-refractivity contribution < 1.29 is 4.79 Å². The van der Waals surface area contributed by atoms with Gasteiger partial charge in [0, 0.05) is 44.8 Å². The Kier molecular flexibility index (Phi) is 12.0. The number of nitrogens with one attached hydrogen (secondary N) is 3. The van der Waals surface area contributed by atoms with Gasteiger partial charge in [-0.15, -0.1) is 35.3 Å². The molecule has 1 fully saturated rings. The monoisotopic (exact) mass is 569 g/mol. The lowest BCUT2D eigenvalue weighted by Gasteiger charge is -2.38. The van der Waals surface area contributed by atoms with E-state index in [9.17, 15) is 4.79 Å². The zero-order valence-corrected chi connectivity index (χ0v) is 22.2. The molecule has 1 aromatic heterocycles. The number of aliphatic imine (C=N–C) groups is 1. The molecular formula is C24H36IN5OS. The van der Waals surface area contributed by atoms with Crippen molar-refractivity contribution in [3.8, 4) is 0 Å². The van der Waals surface area contributed by atoms with E-state index in [4.69, 9.17) is 4.99 Å². The molecule has 1 aromatic carbocycles. The van der Waals surface area contributed by atoms with Gasteiger partial charge in [-0.05, 0) is 50.1 Å². The molecule has 1 aliphatic rings. The summed E-state index contributed by atoms with van der Waals surface area (Å²) in [7, 11) is 0. The molecule has 1 amide bonds. The van der Waals surface area contributed by atoms with Gasteiger partial charge in [-0.1, -0.05) is 36.4 Å². The Morgan fingerprint density at radius 2 is 2.00 bits per heavy atom. The lowest BCUT2D eigenvalue weighted by atomic mass is 9.97. The van der Waals surface area contributed by atoms with Gasteiger partial charge in [-0.25, -0.2) is 0 Å². The molecule has 2 atom stereocenters. The molecule has 2 aromatic rings. The molecule has 1 aliphatic heterocycles. The Morgan fingerprint density at radius 1 is 1.19 bits per heavy atom. The maximum Gasteiger partial charge on any atom is 0.261 e. The third-order valence-electron chi connectivity index (χ3n) is 5.56. The van der Waals surface area contributed by atoms with Crippen molar-refractivity contribution in [2.45, 2.75) is 51.7 Å². The van der Waals surface area contributed by atoms with Gasteiger partial charge in [0.25, 0.3) is 5.91 Å². The first kappa shape index (κ1) is 26.6. The van der Waals surface area contributed by atoms with Crippen molar-refractivity contribution in [2.24, 2.45) is 4.99 Å². The highest BCUT2D eigenvalue weighted by Crippen LogP contribution is 2.20. The molecule has 0 aliphatic carbocycles. The van der Waals surface area contributed by atoms with E-state index in [1.165, 1.54) is 16.9 Å². The van der Waals surface area contributed by atoms with Gasteiger partial charge in [0.15, 0.2) is 5.96 Å². The number of hydrogen-bond donors (Lipinski definition) is 3. The van der Waals surface area contributed by atoms with Crippen LogP contribution < -0.4 is 16.0 Å². The van der Waals surface area contributed by atoms with Crippen LogP contribution in [-0.4, -0.2) is 55.0 Å². The highest BCUT2D eigenvalue weighted by atomic mass is 127. The normalized spacial score (nSPS) is 19.1. The molecule has 3 N–H and O–H groups in total. The van der Waals surface area contributed by atoms with Crippen LogP contribution in [0.15, 0.2) is 52.8 Å². The summed E-state index contributed by atoms with van der Waals surface area (Å²) in [6, 6.07) is 15.4. The van der Waals surface area contributed by atoms with E-state index in [-0.39, 0.29) is 29.9 Å². The number of amides is 1. The second kappa shape index (κ2) is 14.5. The third-order valence-corrected chi connectivity index (χ3v) is 6.43. The van der Waals surface area contributed by atoms with Crippen LogP contribution in [0.4, 0.5) is 0 Å². The Bertz CT molecular complexity index is 815. The topological polar surface area (TPSA) is 68.8 Å². The van der Waals surface area contributed by atoms with Crippen LogP contribution in [0.2, 0.25) is 0 Å². The van der Waals surface area contributed by atoms with E-state index in [2.05, 4.69) is 65.0 Å². The fraction of sp³-hybridized carbons (Fsp3) is 0.500. The maximum atomic E-state index is 12.0. The molecule has 8 heteroatoms. The Hall–Kier alpha value is -1.65. The molecule has 1 saturated heterocycles. The number of guanidine groups is 1. The molecule has 0 radical (unpaired) electrons. The van der Waals surface area contributed by atoms with Crippen LogP contribution in [0.3, 0.4) is 0 Å². The van der Waals surface area contributed by atoms with E-state index in [0.29, 0.717) is 25.2 Å². The first-order chi connectivity index (χ1) is 15.2. The minimum absolute atomic E-state index is 0. The summed E-state index contributed by atoms with van der Waals surface area (Å²) in [5.74, 6) is 0.876. The molecule has 0 spiro atoms. The second-order valence-corrected chi connectivity index (χ2v) is 8.97. The van der Waals surface area contributed by atoms with E-state index in [1.807, 2.05) is 17.5 Å².